The molecule has 0 saturated carbocycles. The smallest absolute Gasteiger partial charge is 0.311 e. The van der Waals surface area contributed by atoms with Crippen molar-refractivity contribution in [1.29, 1.82) is 0 Å². The molecule has 84 valence electrons. The van der Waals surface area contributed by atoms with Gasteiger partial charge < -0.3 is 14.8 Å². The van der Waals surface area contributed by atoms with E-state index in [2.05, 4.69) is 0 Å². The van der Waals surface area contributed by atoms with Crippen LogP contribution in [0.25, 0.3) is 0 Å². The Hall–Kier alpha value is 0.0700. The SMILES string of the molecule is CCOP(=O)(OCC)C(N)C(=O)CCl. The Bertz CT molecular complexity index is 226. The second-order valence-corrected chi connectivity index (χ2v) is 4.84. The van der Waals surface area contributed by atoms with E-state index in [0.29, 0.717) is 0 Å². The van der Waals surface area contributed by atoms with Gasteiger partial charge in [0.05, 0.1) is 19.1 Å². The van der Waals surface area contributed by atoms with Crippen LogP contribution in [-0.4, -0.2) is 30.7 Å². The number of hydrogen-bond donors (Lipinski definition) is 1. The first-order valence-electron chi connectivity index (χ1n) is 4.24. The second kappa shape index (κ2) is 6.53. The molecule has 0 fully saturated rings. The van der Waals surface area contributed by atoms with Crippen LogP contribution >= 0.6 is 19.2 Å². The first kappa shape index (κ1) is 14.1. The lowest BCUT2D eigenvalue weighted by Crippen LogP contribution is -2.33. The average molecular weight is 244 g/mol. The van der Waals surface area contributed by atoms with Crippen molar-refractivity contribution in [2.45, 2.75) is 19.6 Å². The molecule has 0 aliphatic rings. The number of nitrogens with two attached hydrogens (primary N) is 1. The van der Waals surface area contributed by atoms with Crippen molar-refractivity contribution < 1.29 is 18.4 Å². The summed E-state index contributed by atoms with van der Waals surface area (Å²) in [4.78, 5) is 11.1. The summed E-state index contributed by atoms with van der Waals surface area (Å²) < 4.78 is 21.6. The highest BCUT2D eigenvalue weighted by atomic mass is 35.5. The maximum absolute atomic E-state index is 11.9. The molecule has 5 nitrogen and oxygen atoms in total. The fourth-order valence-electron chi connectivity index (χ4n) is 0.813. The Morgan fingerprint density at radius 1 is 1.43 bits per heavy atom. The Morgan fingerprint density at radius 2 is 1.86 bits per heavy atom. The van der Waals surface area contributed by atoms with Crippen LogP contribution in [-0.2, 0) is 18.4 Å². The molecule has 0 aromatic rings. The molecule has 0 amide bonds. The van der Waals surface area contributed by atoms with Crippen molar-refractivity contribution in [3.05, 3.63) is 0 Å². The summed E-state index contributed by atoms with van der Waals surface area (Å²) in [7, 11) is -3.54. The van der Waals surface area contributed by atoms with Gasteiger partial charge in [-0.15, -0.1) is 11.6 Å². The number of carbonyl (C=O) groups excluding carboxylic acids is 1. The Morgan fingerprint density at radius 3 is 2.14 bits per heavy atom. The van der Waals surface area contributed by atoms with E-state index in [-0.39, 0.29) is 19.1 Å². The molecule has 0 saturated heterocycles. The highest BCUT2D eigenvalue weighted by molar-refractivity contribution is 7.55. The second-order valence-electron chi connectivity index (χ2n) is 2.42. The summed E-state index contributed by atoms with van der Waals surface area (Å²) in [5, 5.41) is 0. The molecule has 0 spiro atoms. The Kier molecular flexibility index (Phi) is 6.57. The summed E-state index contributed by atoms with van der Waals surface area (Å²) in [6.45, 7) is 3.62. The van der Waals surface area contributed by atoms with Crippen LogP contribution < -0.4 is 5.73 Å². The van der Waals surface area contributed by atoms with Gasteiger partial charge in [-0.2, -0.15) is 0 Å². The monoisotopic (exact) mass is 243 g/mol. The van der Waals surface area contributed by atoms with Crippen molar-refractivity contribution >= 4 is 25.0 Å². The molecular formula is C7H15ClNO4P. The highest BCUT2D eigenvalue weighted by Gasteiger charge is 2.37. The maximum atomic E-state index is 11.9. The first-order chi connectivity index (χ1) is 6.51. The molecule has 0 aliphatic heterocycles. The quantitative estimate of drug-likeness (QED) is 0.539. The number of alkyl halides is 1. The van der Waals surface area contributed by atoms with Crippen LogP contribution in [0.3, 0.4) is 0 Å². The van der Waals surface area contributed by atoms with Crippen LogP contribution in [0.1, 0.15) is 13.8 Å². The largest absolute Gasteiger partial charge is 0.354 e. The zero-order valence-electron chi connectivity index (χ0n) is 8.23. The summed E-state index contributed by atoms with van der Waals surface area (Å²) >= 11 is 5.29. The predicted octanol–water partition coefficient (Wildman–Crippen LogP) is 1.35. The highest BCUT2D eigenvalue weighted by Crippen LogP contribution is 2.51. The molecule has 1 unspecified atom stereocenters. The van der Waals surface area contributed by atoms with E-state index in [1.54, 1.807) is 13.8 Å². The molecule has 0 heterocycles. The van der Waals surface area contributed by atoms with Gasteiger partial charge in [0.15, 0.2) is 11.6 Å². The molecule has 14 heavy (non-hydrogen) atoms. The van der Waals surface area contributed by atoms with Gasteiger partial charge in [0.1, 0.15) is 0 Å². The number of carbonyl (C=O) groups is 1. The van der Waals surface area contributed by atoms with Gasteiger partial charge >= 0.3 is 7.60 Å². The van der Waals surface area contributed by atoms with Crippen LogP contribution in [0.15, 0.2) is 0 Å². The average Bonchev–Trinajstić information content (AvgIpc) is 2.16. The van der Waals surface area contributed by atoms with Crippen LogP contribution in [0.4, 0.5) is 0 Å². The van der Waals surface area contributed by atoms with Gasteiger partial charge in [0.2, 0.25) is 0 Å². The molecule has 0 aromatic heterocycles. The van der Waals surface area contributed by atoms with Crippen molar-refractivity contribution in [3.8, 4) is 0 Å². The summed E-state index contributed by atoms with van der Waals surface area (Å²) in [5.41, 5.74) is 5.43. The van der Waals surface area contributed by atoms with E-state index in [1.165, 1.54) is 0 Å². The number of halogens is 1. The maximum Gasteiger partial charge on any atom is 0.354 e. The number of hydrogen-bond acceptors (Lipinski definition) is 5. The third kappa shape index (κ3) is 3.67. The standard InChI is InChI=1S/C7H15ClNO4P/c1-3-12-14(11,13-4-2)7(9)6(10)5-8/h7H,3-5,9H2,1-2H3. The lowest BCUT2D eigenvalue weighted by molar-refractivity contribution is -0.116. The van der Waals surface area contributed by atoms with Gasteiger partial charge in [-0.05, 0) is 13.8 Å². The minimum Gasteiger partial charge on any atom is -0.311 e. The van der Waals surface area contributed by atoms with Crippen molar-refractivity contribution in [1.82, 2.24) is 0 Å². The zero-order chi connectivity index (χ0) is 11.2. The molecule has 0 aliphatic carbocycles. The normalized spacial score (nSPS) is 14.0. The topological polar surface area (TPSA) is 78.6 Å². The van der Waals surface area contributed by atoms with E-state index in [1.807, 2.05) is 0 Å². The number of Topliss-reactive ketones (excluding diaryl/α,β-unsaturated/α-hetero) is 1. The fourth-order valence-corrected chi connectivity index (χ4v) is 2.65. The molecular weight excluding hydrogens is 229 g/mol. The number of rotatable bonds is 7. The van der Waals surface area contributed by atoms with Crippen molar-refractivity contribution in [2.24, 2.45) is 5.73 Å². The molecule has 0 aromatic carbocycles. The first-order valence-corrected chi connectivity index (χ1v) is 6.39. The lowest BCUT2D eigenvalue weighted by Gasteiger charge is -2.21. The summed E-state index contributed by atoms with van der Waals surface area (Å²) in [5.74, 6) is -2.14. The van der Waals surface area contributed by atoms with E-state index >= 15 is 0 Å². The minimum atomic E-state index is -3.54. The minimum absolute atomic E-state index is 0.167. The lowest BCUT2D eigenvalue weighted by atomic mass is 10.5. The van der Waals surface area contributed by atoms with Crippen molar-refractivity contribution in [3.63, 3.8) is 0 Å². The summed E-state index contributed by atoms with van der Waals surface area (Å²) in [6.07, 6.45) is 0. The molecule has 2 N–H and O–H groups in total. The van der Waals surface area contributed by atoms with Gasteiger partial charge in [0, 0.05) is 0 Å². The van der Waals surface area contributed by atoms with Crippen molar-refractivity contribution in [2.75, 3.05) is 19.1 Å². The zero-order valence-corrected chi connectivity index (χ0v) is 9.88. The Labute approximate surface area is 88.4 Å². The third-order valence-electron chi connectivity index (χ3n) is 1.42. The molecule has 0 bridgehead atoms. The van der Waals surface area contributed by atoms with E-state index in [9.17, 15) is 9.36 Å². The van der Waals surface area contributed by atoms with E-state index < -0.39 is 19.2 Å². The summed E-state index contributed by atoms with van der Waals surface area (Å²) in [6, 6.07) is 0. The van der Waals surface area contributed by atoms with Crippen LogP contribution in [0, 0.1) is 0 Å². The molecule has 0 radical (unpaired) electrons. The van der Waals surface area contributed by atoms with E-state index in [0.717, 1.165) is 0 Å². The van der Waals surface area contributed by atoms with Gasteiger partial charge in [0.25, 0.3) is 0 Å². The Balaban J connectivity index is 4.63. The van der Waals surface area contributed by atoms with E-state index in [4.69, 9.17) is 26.4 Å². The van der Waals surface area contributed by atoms with Gasteiger partial charge in [-0.3, -0.25) is 9.36 Å². The molecule has 7 heteroatoms. The van der Waals surface area contributed by atoms with Gasteiger partial charge in [-0.25, -0.2) is 0 Å². The number of ketones is 1. The predicted molar refractivity (Wildman–Crippen MR) is 54.6 cm³/mol. The van der Waals surface area contributed by atoms with Crippen LogP contribution in [0.5, 0.6) is 0 Å². The molecule has 0 rings (SSSR count). The van der Waals surface area contributed by atoms with Gasteiger partial charge in [-0.1, -0.05) is 0 Å². The molecule has 1 atom stereocenters. The van der Waals surface area contributed by atoms with Crippen LogP contribution in [0.2, 0.25) is 0 Å². The third-order valence-corrected chi connectivity index (χ3v) is 3.89. The fraction of sp³-hybridized carbons (Fsp3) is 0.857.